The lowest BCUT2D eigenvalue weighted by Gasteiger charge is -2.42. The van der Waals surface area contributed by atoms with Crippen LogP contribution in [0.4, 0.5) is 4.39 Å². The van der Waals surface area contributed by atoms with E-state index >= 15 is 4.39 Å². The fourth-order valence-electron chi connectivity index (χ4n) is 4.31. The van der Waals surface area contributed by atoms with Crippen LogP contribution in [0.15, 0.2) is 54.7 Å². The van der Waals surface area contributed by atoms with Gasteiger partial charge in [0.25, 0.3) is 5.91 Å². The smallest absolute Gasteiger partial charge is 0.258 e. The average Bonchev–Trinajstić information content (AvgIpc) is 2.87. The molecule has 2 aliphatic rings. The molecule has 0 saturated carbocycles. The van der Waals surface area contributed by atoms with E-state index in [4.69, 9.17) is 27.8 Å². The van der Waals surface area contributed by atoms with Crippen LogP contribution in [0, 0.1) is 17.7 Å². The molecule has 10 heteroatoms. The zero-order valence-electron chi connectivity index (χ0n) is 21.2. The number of amides is 1. The van der Waals surface area contributed by atoms with Gasteiger partial charge in [-0.3, -0.25) is 9.69 Å². The van der Waals surface area contributed by atoms with Crippen molar-refractivity contribution >= 4 is 17.5 Å². The number of rotatable bonds is 6. The van der Waals surface area contributed by atoms with Gasteiger partial charge in [0.05, 0.1) is 46.8 Å². The summed E-state index contributed by atoms with van der Waals surface area (Å²) >= 11 is 6.51. The van der Waals surface area contributed by atoms with Crippen LogP contribution >= 0.6 is 11.6 Å². The number of allylic oxidation sites excluding steroid dienone is 3. The van der Waals surface area contributed by atoms with Gasteiger partial charge in [0, 0.05) is 49.2 Å². The van der Waals surface area contributed by atoms with Crippen LogP contribution in [0.1, 0.15) is 28.5 Å². The summed E-state index contributed by atoms with van der Waals surface area (Å²) in [6.07, 6.45) is 6.54. The second-order valence-corrected chi connectivity index (χ2v) is 9.42. The molecule has 0 radical (unpaired) electrons. The Morgan fingerprint density at radius 1 is 1.26 bits per heavy atom. The van der Waals surface area contributed by atoms with Crippen LogP contribution < -0.4 is 11.5 Å². The van der Waals surface area contributed by atoms with Crippen molar-refractivity contribution in [3.8, 4) is 23.1 Å². The normalized spacial score (nSPS) is 16.7. The number of benzene rings is 1. The van der Waals surface area contributed by atoms with E-state index < -0.39 is 11.7 Å². The van der Waals surface area contributed by atoms with Crippen molar-refractivity contribution in [1.82, 2.24) is 19.8 Å². The topological polar surface area (TPSA) is 111 Å². The highest BCUT2D eigenvalue weighted by Crippen LogP contribution is 2.31. The zero-order chi connectivity index (χ0) is 27.2. The third-order valence-corrected chi connectivity index (χ3v) is 6.81. The van der Waals surface area contributed by atoms with Gasteiger partial charge in [-0.1, -0.05) is 36.9 Å². The highest BCUT2D eigenvalue weighted by Gasteiger charge is 2.32. The maximum atomic E-state index is 15.4. The maximum absolute atomic E-state index is 15.4. The molecule has 198 valence electrons. The molecule has 1 aromatic carbocycles. The Bertz CT molecular complexity index is 1330. The fourth-order valence-corrected chi connectivity index (χ4v) is 4.60. The molecule has 2 saturated heterocycles. The Kier molecular flexibility index (Phi) is 8.79. The molecule has 0 aliphatic carbocycles. The number of carbonyl (C=O) groups is 1. The Morgan fingerprint density at radius 2 is 2.00 bits per heavy atom. The maximum Gasteiger partial charge on any atom is 0.258 e. The molecular formula is C28H30ClFN6O2. The van der Waals surface area contributed by atoms with E-state index in [0.29, 0.717) is 72.4 Å². The summed E-state index contributed by atoms with van der Waals surface area (Å²) in [5.74, 6) is 4.89. The van der Waals surface area contributed by atoms with E-state index in [1.807, 2.05) is 6.92 Å². The lowest BCUT2D eigenvalue weighted by molar-refractivity contribution is -0.0746. The predicted molar refractivity (Wildman–Crippen MR) is 146 cm³/mol. The van der Waals surface area contributed by atoms with Crippen molar-refractivity contribution in [3.05, 3.63) is 82.3 Å². The van der Waals surface area contributed by atoms with Crippen molar-refractivity contribution in [2.24, 2.45) is 11.5 Å². The van der Waals surface area contributed by atoms with E-state index in [2.05, 4.69) is 33.3 Å². The fraction of sp³-hybridized carbons (Fsp3) is 0.321. The minimum atomic E-state index is -0.713. The minimum absolute atomic E-state index is 0.0160. The van der Waals surface area contributed by atoms with Gasteiger partial charge >= 0.3 is 0 Å². The summed E-state index contributed by atoms with van der Waals surface area (Å²) in [5.41, 5.74) is 14.0. The average molecular weight is 537 g/mol. The molecule has 3 heterocycles. The second-order valence-electron chi connectivity index (χ2n) is 9.01. The van der Waals surface area contributed by atoms with Crippen LogP contribution in [0.5, 0.6) is 0 Å². The van der Waals surface area contributed by atoms with Gasteiger partial charge in [0.2, 0.25) is 0 Å². The minimum Gasteiger partial charge on any atom is -0.404 e. The third-order valence-electron chi connectivity index (χ3n) is 6.52. The van der Waals surface area contributed by atoms with Crippen LogP contribution in [-0.4, -0.2) is 71.1 Å². The third kappa shape index (κ3) is 6.05. The highest BCUT2D eigenvalue weighted by atomic mass is 35.5. The Hall–Kier alpha value is -3.71. The van der Waals surface area contributed by atoms with Crippen molar-refractivity contribution in [3.63, 3.8) is 0 Å². The van der Waals surface area contributed by atoms with Crippen LogP contribution in [-0.2, 0) is 11.2 Å². The van der Waals surface area contributed by atoms with Gasteiger partial charge in [-0.15, -0.1) is 0 Å². The zero-order valence-corrected chi connectivity index (χ0v) is 22.0. The predicted octanol–water partition coefficient (Wildman–Crippen LogP) is 2.88. The molecule has 0 bridgehead atoms. The molecular weight excluding hydrogens is 507 g/mol. The Balaban J connectivity index is 1.62. The molecule has 1 amide bonds. The molecule has 0 unspecified atom stereocenters. The number of nitrogens with two attached hydrogens (primary N) is 2. The highest BCUT2D eigenvalue weighted by molar-refractivity contribution is 6.34. The molecule has 0 atom stereocenters. The lowest BCUT2D eigenvalue weighted by Crippen LogP contribution is -2.57. The number of aryl methyl sites for hydroxylation is 1. The van der Waals surface area contributed by atoms with E-state index in [9.17, 15) is 4.79 Å². The van der Waals surface area contributed by atoms with Gasteiger partial charge in [-0.05, 0) is 30.7 Å². The summed E-state index contributed by atoms with van der Waals surface area (Å²) in [4.78, 5) is 25.8. The molecule has 4 rings (SSSR count). The molecule has 1 aromatic heterocycles. The summed E-state index contributed by atoms with van der Waals surface area (Å²) in [6.45, 7) is 9.42. The number of nitrogens with zero attached hydrogens (tertiary/aromatic N) is 4. The largest absolute Gasteiger partial charge is 0.404 e. The van der Waals surface area contributed by atoms with Crippen molar-refractivity contribution in [2.45, 2.75) is 19.4 Å². The second kappa shape index (κ2) is 12.2. The van der Waals surface area contributed by atoms with Crippen molar-refractivity contribution < 1.29 is 13.9 Å². The van der Waals surface area contributed by atoms with E-state index in [-0.39, 0.29) is 10.6 Å². The van der Waals surface area contributed by atoms with E-state index in [1.54, 1.807) is 23.1 Å². The lowest BCUT2D eigenvalue weighted by atomic mass is 10.0. The number of ether oxygens (including phenoxy) is 1. The van der Waals surface area contributed by atoms with Crippen LogP contribution in [0.25, 0.3) is 11.3 Å². The summed E-state index contributed by atoms with van der Waals surface area (Å²) < 4.78 is 20.7. The molecule has 4 N–H and O–H groups in total. The molecule has 2 aromatic rings. The van der Waals surface area contributed by atoms with Gasteiger partial charge < -0.3 is 21.1 Å². The first-order valence-corrected chi connectivity index (χ1v) is 12.7. The first-order chi connectivity index (χ1) is 18.3. The Labute approximate surface area is 226 Å². The number of aromatic nitrogens is 2. The summed E-state index contributed by atoms with van der Waals surface area (Å²) in [5, 5.41) is 0.0160. The van der Waals surface area contributed by atoms with Gasteiger partial charge in [0.1, 0.15) is 12.1 Å². The van der Waals surface area contributed by atoms with E-state index in [0.717, 1.165) is 13.2 Å². The number of carbonyl (C=O) groups excluding carboxylic acids is 1. The quantitative estimate of drug-likeness (QED) is 0.431. The number of piperazine rings is 1. The molecule has 2 fully saturated rings. The standard InChI is InChI=1S/C28H30ClFN6O2/c1-3-25-22(7-6-19(14-31)5-4-18(2)32)27(34-17-33-25)20-12-23(29)26(24(30)13-20)28(37)36-10-8-35(9-11-36)21-15-38-16-21/h4-5,12-14,17,21H,2-3,8-11,15-16,31-32H2,1H3/b5-4-,19-14+. The summed E-state index contributed by atoms with van der Waals surface area (Å²) in [6, 6.07) is 3.22. The van der Waals surface area contributed by atoms with Crippen molar-refractivity contribution in [1.29, 1.82) is 0 Å². The number of halogens is 2. The van der Waals surface area contributed by atoms with E-state index in [1.165, 1.54) is 18.6 Å². The number of hydrogen-bond acceptors (Lipinski definition) is 7. The molecule has 2 aliphatic heterocycles. The summed E-state index contributed by atoms with van der Waals surface area (Å²) in [7, 11) is 0. The van der Waals surface area contributed by atoms with Crippen molar-refractivity contribution in [2.75, 3.05) is 39.4 Å². The first kappa shape index (κ1) is 27.3. The molecule has 8 nitrogen and oxygen atoms in total. The monoisotopic (exact) mass is 536 g/mol. The van der Waals surface area contributed by atoms with Crippen LogP contribution in [0.2, 0.25) is 5.02 Å². The number of hydrogen-bond donors (Lipinski definition) is 2. The van der Waals surface area contributed by atoms with Gasteiger partial charge in [-0.25, -0.2) is 14.4 Å². The molecule has 0 spiro atoms. The Morgan fingerprint density at radius 3 is 2.58 bits per heavy atom. The van der Waals surface area contributed by atoms with Crippen LogP contribution in [0.3, 0.4) is 0 Å². The first-order valence-electron chi connectivity index (χ1n) is 12.3. The molecule has 38 heavy (non-hydrogen) atoms. The van der Waals surface area contributed by atoms with Gasteiger partial charge in [-0.2, -0.15) is 0 Å². The van der Waals surface area contributed by atoms with Gasteiger partial charge in [0.15, 0.2) is 0 Å². The SMILES string of the molecule is C=C(N)/C=C\C(C#Cc1c(CC)ncnc1-c1cc(F)c(C(=O)N2CCN(C3COC3)CC2)c(Cl)c1)=C/N.